The van der Waals surface area contributed by atoms with Gasteiger partial charge >= 0.3 is 5.69 Å². The lowest BCUT2D eigenvalue weighted by atomic mass is 10.2. The second-order valence-corrected chi connectivity index (χ2v) is 7.34. The first kappa shape index (κ1) is 20.7. The van der Waals surface area contributed by atoms with Crippen LogP contribution in [0.1, 0.15) is 13.3 Å². The first-order chi connectivity index (χ1) is 13.8. The van der Waals surface area contributed by atoms with E-state index in [1.165, 1.54) is 30.8 Å². The molecule has 0 unspecified atom stereocenters. The Kier molecular flexibility index (Phi) is 6.12. The molecule has 0 saturated heterocycles. The van der Waals surface area contributed by atoms with E-state index in [1.54, 1.807) is 12.1 Å². The molecule has 2 aromatic heterocycles. The van der Waals surface area contributed by atoms with Crippen molar-refractivity contribution in [1.29, 1.82) is 0 Å². The number of aryl methyl sites for hydroxylation is 1. The zero-order chi connectivity index (χ0) is 21.1. The zero-order valence-electron chi connectivity index (χ0n) is 16.2. The number of aromatic nitrogens is 4. The van der Waals surface area contributed by atoms with Gasteiger partial charge in [0.1, 0.15) is 16.2 Å². The largest absolute Gasteiger partial charge is 0.355 e. The number of thioether (sulfide) groups is 1. The van der Waals surface area contributed by atoms with Gasteiger partial charge in [-0.1, -0.05) is 30.8 Å². The van der Waals surface area contributed by atoms with Crippen LogP contribution in [0.2, 0.25) is 0 Å². The summed E-state index contributed by atoms with van der Waals surface area (Å²) < 4.78 is 16.5. The summed E-state index contributed by atoms with van der Waals surface area (Å²) in [7, 11) is 2.84. The minimum absolute atomic E-state index is 0.0226. The Morgan fingerprint density at radius 1 is 1.17 bits per heavy atom. The van der Waals surface area contributed by atoms with Crippen LogP contribution in [0.4, 0.5) is 4.39 Å². The second kappa shape index (κ2) is 8.56. The van der Waals surface area contributed by atoms with Gasteiger partial charge in [-0.05, 0) is 18.6 Å². The summed E-state index contributed by atoms with van der Waals surface area (Å²) in [5.74, 6) is -0.681. The number of hydrogen-bond donors (Lipinski definition) is 1. The van der Waals surface area contributed by atoms with Gasteiger partial charge in [0.05, 0.1) is 11.3 Å². The van der Waals surface area contributed by atoms with Gasteiger partial charge in [0.2, 0.25) is 5.91 Å². The third-order valence-electron chi connectivity index (χ3n) is 4.29. The molecule has 0 aliphatic carbocycles. The van der Waals surface area contributed by atoms with Crippen LogP contribution in [0.3, 0.4) is 0 Å². The minimum Gasteiger partial charge on any atom is -0.355 e. The smallest absolute Gasteiger partial charge is 0.332 e. The average Bonchev–Trinajstić information content (AvgIpc) is 2.72. The van der Waals surface area contributed by atoms with Crippen molar-refractivity contribution in [2.24, 2.45) is 14.1 Å². The highest BCUT2D eigenvalue weighted by molar-refractivity contribution is 8.00. The summed E-state index contributed by atoms with van der Waals surface area (Å²) in [5.41, 5.74) is -0.903. The molecule has 29 heavy (non-hydrogen) atoms. The van der Waals surface area contributed by atoms with Crippen molar-refractivity contribution in [2.45, 2.75) is 18.4 Å². The standard InChI is InChI=1S/C19H20FN5O3S/c1-4-9-21-13(26)10-29-17-14-16(24(2)19(28)25(3)18(14)27)22-15(23-17)11-7-5-6-8-12(11)20/h5-8H,4,9-10H2,1-3H3,(H,21,26). The number of halogens is 1. The molecule has 1 aromatic carbocycles. The highest BCUT2D eigenvalue weighted by atomic mass is 32.2. The molecule has 2 heterocycles. The van der Waals surface area contributed by atoms with Gasteiger partial charge in [-0.15, -0.1) is 0 Å². The van der Waals surface area contributed by atoms with Crippen molar-refractivity contribution in [3.8, 4) is 11.4 Å². The number of nitrogens with zero attached hydrogens (tertiary/aromatic N) is 4. The lowest BCUT2D eigenvalue weighted by Gasteiger charge is -2.12. The number of amides is 1. The zero-order valence-corrected chi connectivity index (χ0v) is 17.0. The van der Waals surface area contributed by atoms with E-state index in [-0.39, 0.29) is 39.1 Å². The van der Waals surface area contributed by atoms with E-state index in [2.05, 4.69) is 15.3 Å². The summed E-state index contributed by atoms with van der Waals surface area (Å²) in [4.78, 5) is 45.7. The van der Waals surface area contributed by atoms with Crippen molar-refractivity contribution in [3.63, 3.8) is 0 Å². The summed E-state index contributed by atoms with van der Waals surface area (Å²) in [5, 5.41) is 3.08. The van der Waals surface area contributed by atoms with Crippen LogP contribution in [0.25, 0.3) is 22.4 Å². The number of hydrogen-bond acceptors (Lipinski definition) is 6. The molecular formula is C19H20FN5O3S. The quantitative estimate of drug-likeness (QED) is 0.482. The fourth-order valence-electron chi connectivity index (χ4n) is 2.75. The molecule has 10 heteroatoms. The van der Waals surface area contributed by atoms with Crippen LogP contribution >= 0.6 is 11.8 Å². The summed E-state index contributed by atoms with van der Waals surface area (Å²) in [6.45, 7) is 2.48. The molecule has 1 amide bonds. The second-order valence-electron chi connectivity index (χ2n) is 6.38. The number of rotatable bonds is 6. The first-order valence-electron chi connectivity index (χ1n) is 8.97. The fourth-order valence-corrected chi connectivity index (χ4v) is 3.59. The van der Waals surface area contributed by atoms with E-state index in [1.807, 2.05) is 6.92 Å². The van der Waals surface area contributed by atoms with E-state index < -0.39 is 17.1 Å². The SMILES string of the molecule is CCCNC(=O)CSc1nc(-c2ccccc2F)nc2c1c(=O)n(C)c(=O)n2C. The predicted molar refractivity (Wildman–Crippen MR) is 109 cm³/mol. The molecule has 3 rings (SSSR count). The molecule has 0 bridgehead atoms. The number of carbonyl (C=O) groups is 1. The maximum absolute atomic E-state index is 14.3. The Labute approximate surface area is 169 Å². The number of carbonyl (C=O) groups excluding carboxylic acids is 1. The Morgan fingerprint density at radius 2 is 1.90 bits per heavy atom. The highest BCUT2D eigenvalue weighted by Crippen LogP contribution is 2.27. The lowest BCUT2D eigenvalue weighted by Crippen LogP contribution is -2.37. The van der Waals surface area contributed by atoms with Gasteiger partial charge in [0.15, 0.2) is 11.5 Å². The van der Waals surface area contributed by atoms with Gasteiger partial charge < -0.3 is 5.32 Å². The van der Waals surface area contributed by atoms with Crippen molar-refractivity contribution < 1.29 is 9.18 Å². The van der Waals surface area contributed by atoms with Gasteiger partial charge in [-0.2, -0.15) is 0 Å². The minimum atomic E-state index is -0.570. The molecule has 1 N–H and O–H groups in total. The Morgan fingerprint density at radius 3 is 2.59 bits per heavy atom. The third kappa shape index (κ3) is 4.07. The summed E-state index contributed by atoms with van der Waals surface area (Å²) >= 11 is 1.05. The van der Waals surface area contributed by atoms with Gasteiger partial charge in [0.25, 0.3) is 5.56 Å². The molecule has 152 valence electrons. The lowest BCUT2D eigenvalue weighted by molar-refractivity contribution is -0.118. The molecule has 0 spiro atoms. The molecule has 0 saturated carbocycles. The first-order valence-corrected chi connectivity index (χ1v) is 9.95. The van der Waals surface area contributed by atoms with Crippen LogP contribution < -0.4 is 16.6 Å². The molecule has 0 aliphatic rings. The monoisotopic (exact) mass is 417 g/mol. The molecular weight excluding hydrogens is 397 g/mol. The molecule has 8 nitrogen and oxygen atoms in total. The average molecular weight is 417 g/mol. The molecule has 0 radical (unpaired) electrons. The topological polar surface area (TPSA) is 98.9 Å². The van der Waals surface area contributed by atoms with Gasteiger partial charge in [-0.3, -0.25) is 18.7 Å². The van der Waals surface area contributed by atoms with E-state index in [9.17, 15) is 18.8 Å². The maximum Gasteiger partial charge on any atom is 0.332 e. The fraction of sp³-hybridized carbons (Fsp3) is 0.316. The summed E-state index contributed by atoms with van der Waals surface area (Å²) in [6.07, 6.45) is 0.799. The van der Waals surface area contributed by atoms with Crippen molar-refractivity contribution in [1.82, 2.24) is 24.4 Å². The highest BCUT2D eigenvalue weighted by Gasteiger charge is 2.20. The van der Waals surface area contributed by atoms with E-state index in [0.717, 1.165) is 22.7 Å². The van der Waals surface area contributed by atoms with Crippen LogP contribution in [0.15, 0.2) is 38.9 Å². The maximum atomic E-state index is 14.3. The molecule has 3 aromatic rings. The van der Waals surface area contributed by atoms with Gasteiger partial charge in [-0.25, -0.2) is 19.2 Å². The number of nitrogens with one attached hydrogen (secondary N) is 1. The van der Waals surface area contributed by atoms with E-state index in [4.69, 9.17) is 0 Å². The van der Waals surface area contributed by atoms with E-state index in [0.29, 0.717) is 6.54 Å². The van der Waals surface area contributed by atoms with Gasteiger partial charge in [0, 0.05) is 20.6 Å². The van der Waals surface area contributed by atoms with Crippen molar-refractivity contribution in [3.05, 3.63) is 50.9 Å². The molecule has 0 aliphatic heterocycles. The van der Waals surface area contributed by atoms with Crippen LogP contribution in [0.5, 0.6) is 0 Å². The Hall–Kier alpha value is -3.01. The molecule has 0 atom stereocenters. The third-order valence-corrected chi connectivity index (χ3v) is 5.27. The summed E-state index contributed by atoms with van der Waals surface area (Å²) in [6, 6.07) is 5.97. The predicted octanol–water partition coefficient (Wildman–Crippen LogP) is 1.45. The van der Waals surface area contributed by atoms with E-state index >= 15 is 0 Å². The van der Waals surface area contributed by atoms with Crippen LogP contribution in [-0.2, 0) is 18.9 Å². The van der Waals surface area contributed by atoms with Crippen LogP contribution in [0, 0.1) is 5.82 Å². The number of benzene rings is 1. The number of fused-ring (bicyclic) bond motifs is 1. The Balaban J connectivity index is 2.21. The normalized spacial score (nSPS) is 11.0. The Bertz CT molecular complexity index is 1200. The molecule has 0 fully saturated rings. The van der Waals surface area contributed by atoms with Crippen LogP contribution in [-0.4, -0.2) is 37.3 Å². The van der Waals surface area contributed by atoms with Crippen molar-refractivity contribution in [2.75, 3.05) is 12.3 Å². The van der Waals surface area contributed by atoms with Crippen molar-refractivity contribution >= 4 is 28.7 Å².